The summed E-state index contributed by atoms with van der Waals surface area (Å²) in [5.41, 5.74) is 0.708. The molecule has 2 atom stereocenters. The summed E-state index contributed by atoms with van der Waals surface area (Å²) in [5, 5.41) is 0.645. The largest absolute Gasteiger partial charge is 0.377 e. The molecule has 0 radical (unpaired) electrons. The van der Waals surface area contributed by atoms with Crippen LogP contribution in [0.2, 0.25) is 5.02 Å². The average Bonchev–Trinajstić information content (AvgIpc) is 2.88. The zero-order valence-electron chi connectivity index (χ0n) is 11.8. The molecule has 4 nitrogen and oxygen atoms in total. The summed E-state index contributed by atoms with van der Waals surface area (Å²) in [4.78, 5) is 14.3. The van der Waals surface area contributed by atoms with Crippen LogP contribution in [-0.2, 0) is 9.47 Å². The Bertz CT molecular complexity index is 437. The minimum absolute atomic E-state index is 0.0885. The summed E-state index contributed by atoms with van der Waals surface area (Å²) in [6.45, 7) is 2.34. The van der Waals surface area contributed by atoms with Gasteiger partial charge in [-0.05, 0) is 24.3 Å². The number of ether oxygens (including phenoxy) is 2. The molecule has 1 saturated heterocycles. The highest BCUT2D eigenvalue weighted by Gasteiger charge is 2.32. The van der Waals surface area contributed by atoms with Crippen LogP contribution in [0.3, 0.4) is 0 Å². The van der Waals surface area contributed by atoms with Crippen LogP contribution >= 0.6 is 11.6 Å². The van der Waals surface area contributed by atoms with Gasteiger partial charge in [0, 0.05) is 50.9 Å². The lowest BCUT2D eigenvalue weighted by Crippen LogP contribution is -2.27. The van der Waals surface area contributed by atoms with Crippen molar-refractivity contribution in [1.82, 2.24) is 4.90 Å². The van der Waals surface area contributed by atoms with E-state index in [0.717, 1.165) is 19.6 Å². The SMILES string of the molecule is COC1CN(CCC(=O)c2ccc(Cl)cc2)CC1OC. The number of nitrogens with zero attached hydrogens (tertiary/aromatic N) is 1. The van der Waals surface area contributed by atoms with Crippen LogP contribution in [0, 0.1) is 0 Å². The third-order valence-electron chi connectivity index (χ3n) is 3.72. The molecule has 5 heteroatoms. The molecule has 1 heterocycles. The highest BCUT2D eigenvalue weighted by atomic mass is 35.5. The fourth-order valence-corrected chi connectivity index (χ4v) is 2.62. The van der Waals surface area contributed by atoms with Crippen LogP contribution in [0.25, 0.3) is 0 Å². The molecule has 2 rings (SSSR count). The maximum atomic E-state index is 12.1. The van der Waals surface area contributed by atoms with E-state index >= 15 is 0 Å². The molecule has 1 fully saturated rings. The number of benzene rings is 1. The molecule has 0 N–H and O–H groups in total. The molecule has 1 aliphatic rings. The Labute approximate surface area is 124 Å². The summed E-state index contributed by atoms with van der Waals surface area (Å²) in [6.07, 6.45) is 0.672. The third kappa shape index (κ3) is 3.79. The molecular weight excluding hydrogens is 278 g/mol. The second-order valence-electron chi connectivity index (χ2n) is 4.99. The predicted octanol–water partition coefficient (Wildman–Crippen LogP) is 2.26. The van der Waals surface area contributed by atoms with E-state index in [2.05, 4.69) is 4.90 Å². The maximum absolute atomic E-state index is 12.1. The number of hydrogen-bond donors (Lipinski definition) is 0. The molecule has 110 valence electrons. The first-order valence-corrected chi connectivity index (χ1v) is 7.08. The molecule has 1 aromatic rings. The smallest absolute Gasteiger partial charge is 0.164 e. The number of carbonyl (C=O) groups is 1. The number of likely N-dealkylation sites (tertiary alicyclic amines) is 1. The molecule has 0 aliphatic carbocycles. The third-order valence-corrected chi connectivity index (χ3v) is 3.97. The van der Waals surface area contributed by atoms with Gasteiger partial charge in [-0.3, -0.25) is 9.69 Å². The molecule has 0 bridgehead atoms. The van der Waals surface area contributed by atoms with Gasteiger partial charge in [0.25, 0.3) is 0 Å². The standard InChI is InChI=1S/C15H20ClNO3/c1-19-14-9-17(10-15(14)20-2)8-7-13(18)11-3-5-12(16)6-4-11/h3-6,14-15H,7-10H2,1-2H3. The minimum Gasteiger partial charge on any atom is -0.377 e. The zero-order chi connectivity index (χ0) is 14.5. The molecule has 1 aliphatic heterocycles. The van der Waals surface area contributed by atoms with Crippen molar-refractivity contribution >= 4 is 17.4 Å². The van der Waals surface area contributed by atoms with Crippen LogP contribution < -0.4 is 0 Å². The fraction of sp³-hybridized carbons (Fsp3) is 0.533. The molecule has 0 aromatic heterocycles. The van der Waals surface area contributed by atoms with Gasteiger partial charge in [0.15, 0.2) is 5.78 Å². The van der Waals surface area contributed by atoms with Gasteiger partial charge in [0.2, 0.25) is 0 Å². The second-order valence-corrected chi connectivity index (χ2v) is 5.42. The minimum atomic E-state index is 0.0885. The van der Waals surface area contributed by atoms with E-state index in [9.17, 15) is 4.79 Å². The van der Waals surface area contributed by atoms with Crippen molar-refractivity contribution in [3.8, 4) is 0 Å². The average molecular weight is 298 g/mol. The number of Topliss-reactive ketones (excluding diaryl/α,β-unsaturated/α-hetero) is 1. The summed E-state index contributed by atoms with van der Waals surface area (Å²) in [6, 6.07) is 7.02. The van der Waals surface area contributed by atoms with Gasteiger partial charge in [-0.1, -0.05) is 11.6 Å². The maximum Gasteiger partial charge on any atom is 0.164 e. The van der Waals surface area contributed by atoms with Crippen molar-refractivity contribution in [2.45, 2.75) is 18.6 Å². The zero-order valence-corrected chi connectivity index (χ0v) is 12.6. The van der Waals surface area contributed by atoms with Gasteiger partial charge >= 0.3 is 0 Å². The predicted molar refractivity (Wildman–Crippen MR) is 78.4 cm³/mol. The number of methoxy groups -OCH3 is 2. The Kier molecular flexibility index (Phi) is 5.54. The molecule has 2 unspecified atom stereocenters. The van der Waals surface area contributed by atoms with Crippen LogP contribution in [0.4, 0.5) is 0 Å². The topological polar surface area (TPSA) is 38.8 Å². The van der Waals surface area contributed by atoms with Crippen molar-refractivity contribution in [2.75, 3.05) is 33.9 Å². The lowest BCUT2D eigenvalue weighted by atomic mass is 10.1. The van der Waals surface area contributed by atoms with Gasteiger partial charge in [0.1, 0.15) is 0 Å². The van der Waals surface area contributed by atoms with Gasteiger partial charge in [-0.25, -0.2) is 0 Å². The molecule has 0 spiro atoms. The highest BCUT2D eigenvalue weighted by molar-refractivity contribution is 6.30. The Morgan fingerprint density at radius 2 is 1.75 bits per heavy atom. The van der Waals surface area contributed by atoms with E-state index in [0.29, 0.717) is 17.0 Å². The van der Waals surface area contributed by atoms with Gasteiger partial charge in [0.05, 0.1) is 12.2 Å². The van der Waals surface area contributed by atoms with E-state index in [4.69, 9.17) is 21.1 Å². The van der Waals surface area contributed by atoms with Crippen molar-refractivity contribution in [1.29, 1.82) is 0 Å². The normalized spacial score (nSPS) is 23.1. The first kappa shape index (κ1) is 15.4. The van der Waals surface area contributed by atoms with Crippen molar-refractivity contribution in [2.24, 2.45) is 0 Å². The molecular formula is C15H20ClNO3. The number of hydrogen-bond acceptors (Lipinski definition) is 4. The summed E-state index contributed by atoms with van der Waals surface area (Å²) >= 11 is 5.81. The van der Waals surface area contributed by atoms with Crippen LogP contribution in [-0.4, -0.2) is 56.7 Å². The van der Waals surface area contributed by atoms with E-state index in [-0.39, 0.29) is 18.0 Å². The van der Waals surface area contributed by atoms with Crippen molar-refractivity contribution in [3.63, 3.8) is 0 Å². The summed E-state index contributed by atoms with van der Waals surface area (Å²) in [7, 11) is 3.39. The van der Waals surface area contributed by atoms with Gasteiger partial charge < -0.3 is 9.47 Å². The Balaban J connectivity index is 1.83. The summed E-state index contributed by atoms with van der Waals surface area (Å²) < 4.78 is 10.8. The van der Waals surface area contributed by atoms with E-state index in [1.54, 1.807) is 38.5 Å². The Morgan fingerprint density at radius 3 is 2.25 bits per heavy atom. The lowest BCUT2D eigenvalue weighted by Gasteiger charge is -2.14. The van der Waals surface area contributed by atoms with E-state index in [1.807, 2.05) is 0 Å². The van der Waals surface area contributed by atoms with Crippen molar-refractivity contribution < 1.29 is 14.3 Å². The highest BCUT2D eigenvalue weighted by Crippen LogP contribution is 2.17. The lowest BCUT2D eigenvalue weighted by molar-refractivity contribution is -0.00461. The number of halogens is 1. The van der Waals surface area contributed by atoms with Gasteiger partial charge in [-0.2, -0.15) is 0 Å². The van der Waals surface area contributed by atoms with Crippen LogP contribution in [0.15, 0.2) is 24.3 Å². The summed E-state index contributed by atoms with van der Waals surface area (Å²) in [5.74, 6) is 0.136. The first-order valence-electron chi connectivity index (χ1n) is 6.70. The Morgan fingerprint density at radius 1 is 1.20 bits per heavy atom. The first-order chi connectivity index (χ1) is 9.63. The number of carbonyl (C=O) groups excluding carboxylic acids is 1. The fourth-order valence-electron chi connectivity index (χ4n) is 2.49. The number of rotatable bonds is 6. The van der Waals surface area contributed by atoms with Gasteiger partial charge in [-0.15, -0.1) is 0 Å². The Hall–Kier alpha value is -0.940. The van der Waals surface area contributed by atoms with Crippen LogP contribution in [0.1, 0.15) is 16.8 Å². The van der Waals surface area contributed by atoms with E-state index in [1.165, 1.54) is 0 Å². The van der Waals surface area contributed by atoms with Crippen LogP contribution in [0.5, 0.6) is 0 Å². The quantitative estimate of drug-likeness (QED) is 0.755. The molecule has 20 heavy (non-hydrogen) atoms. The monoisotopic (exact) mass is 297 g/mol. The molecule has 0 saturated carbocycles. The van der Waals surface area contributed by atoms with E-state index < -0.39 is 0 Å². The molecule has 0 amide bonds. The molecule has 1 aromatic carbocycles. The van der Waals surface area contributed by atoms with Crippen molar-refractivity contribution in [3.05, 3.63) is 34.9 Å². The number of ketones is 1. The second kappa shape index (κ2) is 7.18.